The smallest absolute Gasteiger partial charge is 0.304 e. The molecule has 0 fully saturated rings. The minimum atomic E-state index is -3.90. The predicted molar refractivity (Wildman–Crippen MR) is 83.1 cm³/mol. The van der Waals surface area contributed by atoms with Crippen LogP contribution in [0.5, 0.6) is 5.75 Å². The Labute approximate surface area is 135 Å². The maximum atomic E-state index is 12.5. The van der Waals surface area contributed by atoms with E-state index >= 15 is 0 Å². The Morgan fingerprint density at radius 3 is 2.30 bits per heavy atom. The highest BCUT2D eigenvalue weighted by atomic mass is 32.2. The van der Waals surface area contributed by atoms with Crippen LogP contribution in [0.2, 0.25) is 0 Å². The summed E-state index contributed by atoms with van der Waals surface area (Å²) in [5, 5.41) is 8.66. The van der Waals surface area contributed by atoms with Crippen LogP contribution < -0.4 is 4.74 Å². The van der Waals surface area contributed by atoms with Crippen molar-refractivity contribution in [1.29, 1.82) is 0 Å². The van der Waals surface area contributed by atoms with Gasteiger partial charge in [0.15, 0.2) is 0 Å². The lowest BCUT2D eigenvalue weighted by molar-refractivity contribution is -0.137. The number of ether oxygens (including phenoxy) is 1. The standard InChI is InChI=1S/C14H20N2O6S/c1-15(2)14(19)11-9-10(5-6-12(11)22-4)23(20,21)16(3)8-7-13(17)18/h5-6,9H,7-8H2,1-4H3,(H,17,18). The molecule has 0 unspecified atom stereocenters. The monoisotopic (exact) mass is 344 g/mol. The SMILES string of the molecule is COc1ccc(S(=O)(=O)N(C)CCC(=O)O)cc1C(=O)N(C)C. The second-order valence-electron chi connectivity index (χ2n) is 5.03. The summed E-state index contributed by atoms with van der Waals surface area (Å²) in [6.07, 6.45) is -0.310. The maximum Gasteiger partial charge on any atom is 0.304 e. The van der Waals surface area contributed by atoms with Gasteiger partial charge in [-0.2, -0.15) is 0 Å². The van der Waals surface area contributed by atoms with Crippen LogP contribution in [-0.2, 0) is 14.8 Å². The lowest BCUT2D eigenvalue weighted by atomic mass is 10.2. The van der Waals surface area contributed by atoms with Gasteiger partial charge in [0.25, 0.3) is 5.91 Å². The van der Waals surface area contributed by atoms with Gasteiger partial charge in [0, 0.05) is 27.7 Å². The van der Waals surface area contributed by atoms with Gasteiger partial charge in [-0.3, -0.25) is 9.59 Å². The Kier molecular flexibility index (Phi) is 6.11. The quantitative estimate of drug-likeness (QED) is 0.772. The molecule has 0 aromatic heterocycles. The number of carbonyl (C=O) groups excluding carboxylic acids is 1. The van der Waals surface area contributed by atoms with Crippen LogP contribution in [-0.4, -0.2) is 69.4 Å². The van der Waals surface area contributed by atoms with Crippen molar-refractivity contribution in [2.24, 2.45) is 0 Å². The fourth-order valence-corrected chi connectivity index (χ4v) is 3.01. The Balaban J connectivity index is 3.24. The molecule has 9 heteroatoms. The molecule has 1 aromatic rings. The van der Waals surface area contributed by atoms with E-state index in [1.165, 1.54) is 37.3 Å². The summed E-state index contributed by atoms with van der Waals surface area (Å²) in [6, 6.07) is 3.94. The van der Waals surface area contributed by atoms with E-state index in [4.69, 9.17) is 9.84 Å². The van der Waals surface area contributed by atoms with Crippen molar-refractivity contribution < 1.29 is 27.9 Å². The summed E-state index contributed by atoms with van der Waals surface area (Å²) < 4.78 is 30.9. The van der Waals surface area contributed by atoms with Gasteiger partial charge in [0.2, 0.25) is 10.0 Å². The maximum absolute atomic E-state index is 12.5. The van der Waals surface area contributed by atoms with Crippen molar-refractivity contribution in [3.63, 3.8) is 0 Å². The van der Waals surface area contributed by atoms with Crippen molar-refractivity contribution in [1.82, 2.24) is 9.21 Å². The number of benzene rings is 1. The molecule has 128 valence electrons. The minimum absolute atomic E-state index is 0.101. The lowest BCUT2D eigenvalue weighted by Gasteiger charge is -2.18. The largest absolute Gasteiger partial charge is 0.496 e. The van der Waals surface area contributed by atoms with Crippen LogP contribution in [0.1, 0.15) is 16.8 Å². The van der Waals surface area contributed by atoms with Crippen LogP contribution >= 0.6 is 0 Å². The zero-order chi connectivity index (χ0) is 17.8. The zero-order valence-electron chi connectivity index (χ0n) is 13.4. The van der Waals surface area contributed by atoms with Crippen LogP contribution in [0, 0.1) is 0 Å². The average Bonchev–Trinajstić information content (AvgIpc) is 2.50. The number of aliphatic carboxylic acids is 1. The molecule has 0 bridgehead atoms. The van der Waals surface area contributed by atoms with E-state index in [1.807, 2.05) is 0 Å². The van der Waals surface area contributed by atoms with Gasteiger partial charge in [-0.1, -0.05) is 0 Å². The first-order valence-electron chi connectivity index (χ1n) is 6.69. The fraction of sp³-hybridized carbons (Fsp3) is 0.429. The van der Waals surface area contributed by atoms with E-state index in [0.717, 1.165) is 4.31 Å². The summed E-state index contributed by atoms with van der Waals surface area (Å²) in [6.45, 7) is -0.166. The number of sulfonamides is 1. The van der Waals surface area contributed by atoms with Crippen molar-refractivity contribution in [2.75, 3.05) is 34.8 Å². The highest BCUT2D eigenvalue weighted by Crippen LogP contribution is 2.25. The molecule has 0 atom stereocenters. The third kappa shape index (κ3) is 4.42. The van der Waals surface area contributed by atoms with Crippen molar-refractivity contribution in [2.45, 2.75) is 11.3 Å². The van der Waals surface area contributed by atoms with Crippen LogP contribution in [0.15, 0.2) is 23.1 Å². The molecule has 23 heavy (non-hydrogen) atoms. The molecule has 0 aliphatic carbocycles. The molecule has 1 amide bonds. The van der Waals surface area contributed by atoms with Gasteiger partial charge in [-0.05, 0) is 18.2 Å². The molecule has 1 N–H and O–H groups in total. The molecular formula is C14H20N2O6S. The first kappa shape index (κ1) is 18.9. The number of carboxylic acid groups (broad SMARTS) is 1. The van der Waals surface area contributed by atoms with Crippen molar-refractivity contribution >= 4 is 21.9 Å². The van der Waals surface area contributed by atoms with Gasteiger partial charge in [0.05, 0.1) is 24.0 Å². The van der Waals surface area contributed by atoms with E-state index in [1.54, 1.807) is 14.1 Å². The molecule has 1 rings (SSSR count). The van der Waals surface area contributed by atoms with Gasteiger partial charge in [-0.25, -0.2) is 12.7 Å². The van der Waals surface area contributed by atoms with E-state index in [-0.39, 0.29) is 29.2 Å². The number of rotatable bonds is 7. The molecule has 8 nitrogen and oxygen atoms in total. The summed E-state index contributed by atoms with van der Waals surface area (Å²) in [7, 11) is 1.86. The number of hydrogen-bond acceptors (Lipinski definition) is 5. The van der Waals surface area contributed by atoms with Gasteiger partial charge in [-0.15, -0.1) is 0 Å². The Hall–Kier alpha value is -2.13. The predicted octanol–water partition coefficient (Wildman–Crippen LogP) is 0.492. The number of methoxy groups -OCH3 is 1. The van der Waals surface area contributed by atoms with Gasteiger partial charge < -0.3 is 14.7 Å². The molecule has 1 aromatic carbocycles. The van der Waals surface area contributed by atoms with Gasteiger partial charge in [0.1, 0.15) is 5.75 Å². The summed E-state index contributed by atoms with van der Waals surface area (Å²) >= 11 is 0. The Morgan fingerprint density at radius 2 is 1.83 bits per heavy atom. The fourth-order valence-electron chi connectivity index (χ4n) is 1.81. The summed E-state index contributed by atoms with van der Waals surface area (Å²) in [5.74, 6) is -1.23. The van der Waals surface area contributed by atoms with Crippen LogP contribution in [0.25, 0.3) is 0 Å². The normalized spacial score (nSPS) is 11.3. The first-order valence-corrected chi connectivity index (χ1v) is 8.13. The number of hydrogen-bond donors (Lipinski definition) is 1. The number of amides is 1. The molecular weight excluding hydrogens is 324 g/mol. The van der Waals surface area contributed by atoms with E-state index in [2.05, 4.69) is 0 Å². The van der Waals surface area contributed by atoms with E-state index in [9.17, 15) is 18.0 Å². The summed E-state index contributed by atoms with van der Waals surface area (Å²) in [4.78, 5) is 23.9. The topological polar surface area (TPSA) is 104 Å². The molecule has 0 aliphatic heterocycles. The van der Waals surface area contributed by atoms with Crippen LogP contribution in [0.3, 0.4) is 0 Å². The number of carbonyl (C=O) groups is 2. The Bertz CT molecular complexity index is 699. The number of nitrogens with zero attached hydrogens (tertiary/aromatic N) is 2. The minimum Gasteiger partial charge on any atom is -0.496 e. The third-order valence-corrected chi connectivity index (χ3v) is 5.01. The van der Waals surface area contributed by atoms with Crippen molar-refractivity contribution in [3.05, 3.63) is 23.8 Å². The molecule has 0 heterocycles. The lowest BCUT2D eigenvalue weighted by Crippen LogP contribution is -2.29. The summed E-state index contributed by atoms with van der Waals surface area (Å²) in [5.41, 5.74) is 0.116. The van der Waals surface area contributed by atoms with E-state index < -0.39 is 21.9 Å². The zero-order valence-corrected chi connectivity index (χ0v) is 14.3. The second kappa shape index (κ2) is 7.42. The molecule has 0 radical (unpaired) electrons. The van der Waals surface area contributed by atoms with Crippen LogP contribution in [0.4, 0.5) is 0 Å². The average molecular weight is 344 g/mol. The molecule has 0 saturated heterocycles. The molecule has 0 saturated carbocycles. The highest BCUT2D eigenvalue weighted by Gasteiger charge is 2.24. The molecule has 0 aliphatic rings. The highest BCUT2D eigenvalue weighted by molar-refractivity contribution is 7.89. The van der Waals surface area contributed by atoms with Crippen molar-refractivity contribution in [3.8, 4) is 5.75 Å². The Morgan fingerprint density at radius 1 is 1.22 bits per heavy atom. The van der Waals surface area contributed by atoms with Gasteiger partial charge >= 0.3 is 5.97 Å². The first-order chi connectivity index (χ1) is 10.6. The van der Waals surface area contributed by atoms with E-state index in [0.29, 0.717) is 0 Å². The second-order valence-corrected chi connectivity index (χ2v) is 7.08. The number of carboxylic acids is 1. The molecule has 0 spiro atoms. The third-order valence-electron chi connectivity index (χ3n) is 3.16.